The van der Waals surface area contributed by atoms with Crippen LogP contribution in [0, 0.1) is 0 Å². The number of carbonyl (C=O) groups is 1. The van der Waals surface area contributed by atoms with E-state index < -0.39 is 15.8 Å². The van der Waals surface area contributed by atoms with Crippen molar-refractivity contribution in [1.29, 1.82) is 0 Å². The van der Waals surface area contributed by atoms with Crippen molar-refractivity contribution in [2.24, 2.45) is 0 Å². The van der Waals surface area contributed by atoms with Gasteiger partial charge in [-0.05, 0) is 47.9 Å². The van der Waals surface area contributed by atoms with Crippen LogP contribution in [0.4, 0.5) is 0 Å². The zero-order valence-corrected chi connectivity index (χ0v) is 22.3. The number of halogens is 1. The van der Waals surface area contributed by atoms with Crippen molar-refractivity contribution in [1.82, 2.24) is 0 Å². The predicted molar refractivity (Wildman–Crippen MR) is 143 cm³/mol. The summed E-state index contributed by atoms with van der Waals surface area (Å²) in [6.45, 7) is 0.905. The number of carboxylic acid groups (broad SMARTS) is 1. The Hall–Kier alpha value is -3.43. The molecule has 0 unspecified atom stereocenters. The van der Waals surface area contributed by atoms with Gasteiger partial charge in [0.2, 0.25) is 0 Å². The van der Waals surface area contributed by atoms with Crippen LogP contribution in [0.25, 0.3) is 11.1 Å². The van der Waals surface area contributed by atoms with Gasteiger partial charge in [-0.15, -0.1) is 0 Å². The zero-order chi connectivity index (χ0) is 26.9. The molecule has 0 aromatic heterocycles. The van der Waals surface area contributed by atoms with Gasteiger partial charge < -0.3 is 24.1 Å². The van der Waals surface area contributed by atoms with Crippen LogP contribution in [0.15, 0.2) is 54.6 Å². The molecule has 200 valence electrons. The van der Waals surface area contributed by atoms with Gasteiger partial charge in [-0.1, -0.05) is 29.8 Å². The van der Waals surface area contributed by atoms with Crippen molar-refractivity contribution < 1.29 is 37.3 Å². The second-order valence-electron chi connectivity index (χ2n) is 9.46. The first-order chi connectivity index (χ1) is 18.2. The molecular weight excluding hydrogens is 532 g/mol. The Morgan fingerprint density at radius 3 is 2.63 bits per heavy atom. The molecule has 2 aliphatic heterocycles. The average Bonchev–Trinajstić information content (AvgIpc) is 3.25. The van der Waals surface area contributed by atoms with Gasteiger partial charge in [-0.25, -0.2) is 8.42 Å². The summed E-state index contributed by atoms with van der Waals surface area (Å²) in [6, 6.07) is 16.8. The van der Waals surface area contributed by atoms with Gasteiger partial charge in [0.25, 0.3) is 0 Å². The van der Waals surface area contributed by atoms with Gasteiger partial charge in [-0.3, -0.25) is 4.79 Å². The molecule has 2 aliphatic rings. The molecule has 0 spiro atoms. The third-order valence-electron chi connectivity index (χ3n) is 6.47. The Morgan fingerprint density at radius 1 is 1.05 bits per heavy atom. The molecule has 5 rings (SSSR count). The van der Waals surface area contributed by atoms with Crippen molar-refractivity contribution >= 4 is 27.4 Å². The Balaban J connectivity index is 1.29. The number of aliphatic carboxylic acids is 1. The van der Waals surface area contributed by atoms with E-state index in [9.17, 15) is 13.2 Å². The maximum atomic E-state index is 11.3. The van der Waals surface area contributed by atoms with E-state index in [1.54, 1.807) is 12.1 Å². The van der Waals surface area contributed by atoms with Crippen molar-refractivity contribution in [2.45, 2.75) is 24.9 Å². The number of carboxylic acids is 1. The van der Waals surface area contributed by atoms with Crippen LogP contribution in [-0.2, 0) is 14.6 Å². The second-order valence-corrected chi connectivity index (χ2v) is 12.1. The van der Waals surface area contributed by atoms with Gasteiger partial charge >= 0.3 is 5.97 Å². The fraction of sp³-hybridized carbons (Fsp3) is 0.321. The van der Waals surface area contributed by atoms with Crippen LogP contribution < -0.4 is 18.9 Å². The number of hydrogen-bond donors (Lipinski definition) is 1. The first kappa shape index (κ1) is 26.2. The summed E-state index contributed by atoms with van der Waals surface area (Å²) in [5.41, 5.74) is 3.47. The van der Waals surface area contributed by atoms with Crippen molar-refractivity contribution in [3.63, 3.8) is 0 Å². The van der Waals surface area contributed by atoms with E-state index >= 15 is 0 Å². The molecular formula is C28H27ClO8S. The lowest BCUT2D eigenvalue weighted by atomic mass is 9.97. The lowest BCUT2D eigenvalue weighted by molar-refractivity contribution is -0.137. The van der Waals surface area contributed by atoms with E-state index in [1.165, 1.54) is 6.26 Å². The number of rotatable bonds is 9. The average molecular weight is 559 g/mol. The smallest absolute Gasteiger partial charge is 0.304 e. The summed E-state index contributed by atoms with van der Waals surface area (Å²) in [7, 11) is -3.02. The molecule has 10 heteroatoms. The molecule has 3 aromatic rings. The fourth-order valence-electron chi connectivity index (χ4n) is 4.62. The van der Waals surface area contributed by atoms with E-state index in [1.807, 2.05) is 42.5 Å². The molecule has 0 bridgehead atoms. The highest BCUT2D eigenvalue weighted by Gasteiger charge is 2.31. The van der Waals surface area contributed by atoms with Crippen molar-refractivity contribution in [3.8, 4) is 34.1 Å². The highest BCUT2D eigenvalue weighted by Crippen LogP contribution is 2.46. The van der Waals surface area contributed by atoms with E-state index in [2.05, 4.69) is 0 Å². The second kappa shape index (κ2) is 10.7. The van der Waals surface area contributed by atoms with Gasteiger partial charge in [0.05, 0.1) is 30.4 Å². The van der Waals surface area contributed by atoms with Crippen LogP contribution >= 0.6 is 11.6 Å². The summed E-state index contributed by atoms with van der Waals surface area (Å²) < 4.78 is 46.2. The minimum atomic E-state index is -3.02. The van der Waals surface area contributed by atoms with Crippen molar-refractivity contribution in [2.75, 3.05) is 31.8 Å². The minimum absolute atomic E-state index is 0.000902. The molecule has 0 saturated carbocycles. The van der Waals surface area contributed by atoms with Crippen LogP contribution in [0.3, 0.4) is 0 Å². The quantitative estimate of drug-likeness (QED) is 0.353. The summed E-state index contributed by atoms with van der Waals surface area (Å²) >= 11 is 6.57. The molecule has 38 heavy (non-hydrogen) atoms. The minimum Gasteiger partial charge on any atom is -0.494 e. The summed E-state index contributed by atoms with van der Waals surface area (Å²) in [6.07, 6.45) is 1.26. The lowest BCUT2D eigenvalue weighted by Gasteiger charge is -2.27. The number of benzene rings is 3. The number of sulfone groups is 1. The first-order valence-electron chi connectivity index (χ1n) is 12.2. The number of ether oxygens (including phenoxy) is 4. The number of fused-ring (bicyclic) bond motifs is 2. The molecule has 0 amide bonds. The monoisotopic (exact) mass is 558 g/mol. The molecule has 0 fully saturated rings. The molecule has 0 aliphatic carbocycles. The van der Waals surface area contributed by atoms with Gasteiger partial charge in [0.1, 0.15) is 27.9 Å². The Bertz CT molecular complexity index is 1470. The summed E-state index contributed by atoms with van der Waals surface area (Å²) in [5.74, 6) is 1.32. The highest BCUT2D eigenvalue weighted by molar-refractivity contribution is 7.90. The maximum absolute atomic E-state index is 11.3. The third-order valence-corrected chi connectivity index (χ3v) is 7.82. The molecule has 2 atom stereocenters. The molecule has 0 saturated heterocycles. The van der Waals surface area contributed by atoms with Gasteiger partial charge in [-0.2, -0.15) is 0 Å². The van der Waals surface area contributed by atoms with Crippen LogP contribution in [0.1, 0.15) is 36.0 Å². The van der Waals surface area contributed by atoms with Gasteiger partial charge in [0, 0.05) is 29.4 Å². The normalized spacial score (nSPS) is 17.9. The summed E-state index contributed by atoms with van der Waals surface area (Å²) in [5, 5.41) is 9.67. The lowest BCUT2D eigenvalue weighted by Crippen LogP contribution is -2.21. The standard InChI is InChI=1S/C28H27ClO8S/c1-38(32,33)9-3-8-34-20-6-7-21(23(29)12-20)17-4-2-5-18(10-17)27-16-36-25-13-22-19(11-28(30)31)15-35-24(22)14-26(25)37-27/h2,4-7,10,12-14,19,27H,3,8-9,11,15-16H2,1H3,(H,30,31)/t19-,27-/m1/s1. The molecule has 3 aromatic carbocycles. The SMILES string of the molecule is CS(=O)(=O)CCCOc1ccc(-c2cccc([C@H]3COc4cc5c(cc4O3)OC[C@H]5CC(=O)O)c2)c(Cl)c1. The van der Waals surface area contributed by atoms with Crippen LogP contribution in [0.2, 0.25) is 5.02 Å². The van der Waals surface area contributed by atoms with Crippen LogP contribution in [0.5, 0.6) is 23.0 Å². The van der Waals surface area contributed by atoms with Crippen LogP contribution in [-0.4, -0.2) is 51.3 Å². The Labute approximate surface area is 226 Å². The van der Waals surface area contributed by atoms with E-state index in [-0.39, 0.29) is 30.8 Å². The third kappa shape index (κ3) is 6.00. The van der Waals surface area contributed by atoms with Crippen molar-refractivity contribution in [3.05, 3.63) is 70.7 Å². The Morgan fingerprint density at radius 2 is 1.87 bits per heavy atom. The Kier molecular flexibility index (Phi) is 7.40. The topological polar surface area (TPSA) is 108 Å². The fourth-order valence-corrected chi connectivity index (χ4v) is 5.54. The molecule has 2 heterocycles. The van der Waals surface area contributed by atoms with E-state index in [0.717, 1.165) is 22.3 Å². The molecule has 8 nitrogen and oxygen atoms in total. The van der Waals surface area contributed by atoms with E-state index in [4.69, 9.17) is 35.7 Å². The maximum Gasteiger partial charge on any atom is 0.304 e. The first-order valence-corrected chi connectivity index (χ1v) is 14.6. The predicted octanol–water partition coefficient (Wildman–Crippen LogP) is 5.28. The highest BCUT2D eigenvalue weighted by atomic mass is 35.5. The van der Waals surface area contributed by atoms with Gasteiger partial charge in [0.15, 0.2) is 17.6 Å². The summed E-state index contributed by atoms with van der Waals surface area (Å²) in [4.78, 5) is 11.2. The van der Waals surface area contributed by atoms with E-state index in [0.29, 0.717) is 47.7 Å². The molecule has 0 radical (unpaired) electrons. The zero-order valence-electron chi connectivity index (χ0n) is 20.7. The number of hydrogen-bond acceptors (Lipinski definition) is 7. The largest absolute Gasteiger partial charge is 0.494 e. The molecule has 1 N–H and O–H groups in total.